The minimum absolute atomic E-state index is 0.115. The Morgan fingerprint density at radius 1 is 1.09 bits per heavy atom. The van der Waals surface area contributed by atoms with Gasteiger partial charge in [0.05, 0.1) is 7.11 Å². The second kappa shape index (κ2) is 5.97. The molecule has 1 amide bonds. The predicted octanol–water partition coefficient (Wildman–Crippen LogP) is 2.74. The van der Waals surface area contributed by atoms with E-state index in [9.17, 15) is 4.79 Å². The molecular formula is C17H17NO4. The average molecular weight is 299 g/mol. The maximum absolute atomic E-state index is 12.6. The van der Waals surface area contributed by atoms with Gasteiger partial charge in [-0.2, -0.15) is 0 Å². The van der Waals surface area contributed by atoms with Crippen molar-refractivity contribution in [2.45, 2.75) is 0 Å². The number of ether oxygens (including phenoxy) is 3. The number of carbonyl (C=O) groups excluding carboxylic acids is 1. The summed E-state index contributed by atoms with van der Waals surface area (Å²) in [5, 5.41) is 0. The van der Waals surface area contributed by atoms with Crippen LogP contribution in [-0.4, -0.2) is 33.3 Å². The fraction of sp³-hybridized carbons (Fsp3) is 0.235. The van der Waals surface area contributed by atoms with E-state index >= 15 is 0 Å². The minimum Gasteiger partial charge on any atom is -0.497 e. The molecule has 0 aliphatic carbocycles. The summed E-state index contributed by atoms with van der Waals surface area (Å²) in [5.74, 6) is 1.91. The van der Waals surface area contributed by atoms with Gasteiger partial charge in [-0.05, 0) is 30.3 Å². The van der Waals surface area contributed by atoms with E-state index in [1.165, 1.54) is 0 Å². The standard InChI is InChI=1S/C17H17NO4/c1-18(17(19)12-4-3-5-14(10-12)20-2)13-6-7-15-16(11-13)22-9-8-21-15/h3-7,10-11H,8-9H2,1-2H3. The smallest absolute Gasteiger partial charge is 0.258 e. The molecule has 1 heterocycles. The number of hydrogen-bond acceptors (Lipinski definition) is 4. The number of fused-ring (bicyclic) bond motifs is 1. The quantitative estimate of drug-likeness (QED) is 0.874. The third kappa shape index (κ3) is 2.70. The van der Waals surface area contributed by atoms with Crippen molar-refractivity contribution in [3.8, 4) is 17.2 Å². The van der Waals surface area contributed by atoms with Gasteiger partial charge in [-0.25, -0.2) is 0 Å². The van der Waals surface area contributed by atoms with Crippen LogP contribution >= 0.6 is 0 Å². The van der Waals surface area contributed by atoms with Crippen molar-refractivity contribution in [1.82, 2.24) is 0 Å². The van der Waals surface area contributed by atoms with Gasteiger partial charge < -0.3 is 19.1 Å². The lowest BCUT2D eigenvalue weighted by atomic mass is 10.1. The number of anilines is 1. The normalized spacial score (nSPS) is 12.6. The number of carbonyl (C=O) groups is 1. The molecule has 0 unspecified atom stereocenters. The summed E-state index contributed by atoms with van der Waals surface area (Å²) in [6.45, 7) is 1.06. The SMILES string of the molecule is COc1cccc(C(=O)N(C)c2ccc3c(c2)OCCO3)c1. The van der Waals surface area contributed by atoms with Gasteiger partial charge in [0.25, 0.3) is 5.91 Å². The summed E-state index contributed by atoms with van der Waals surface area (Å²) >= 11 is 0. The second-order valence-corrected chi connectivity index (χ2v) is 4.92. The number of amides is 1. The van der Waals surface area contributed by atoms with Gasteiger partial charge in [-0.3, -0.25) is 4.79 Å². The van der Waals surface area contributed by atoms with Crippen LogP contribution in [0.5, 0.6) is 17.2 Å². The Morgan fingerprint density at radius 3 is 2.64 bits per heavy atom. The van der Waals surface area contributed by atoms with Crippen molar-refractivity contribution in [2.75, 3.05) is 32.3 Å². The Kier molecular flexibility index (Phi) is 3.87. The number of nitrogens with zero attached hydrogens (tertiary/aromatic N) is 1. The molecular weight excluding hydrogens is 282 g/mol. The van der Waals surface area contributed by atoms with E-state index in [4.69, 9.17) is 14.2 Å². The Bertz CT molecular complexity index is 699. The molecule has 0 spiro atoms. The van der Waals surface area contributed by atoms with Crippen molar-refractivity contribution in [2.24, 2.45) is 0 Å². The van der Waals surface area contributed by atoms with Crippen molar-refractivity contribution < 1.29 is 19.0 Å². The molecule has 0 fully saturated rings. The van der Waals surface area contributed by atoms with Crippen molar-refractivity contribution in [1.29, 1.82) is 0 Å². The molecule has 2 aromatic carbocycles. The third-order valence-electron chi connectivity index (χ3n) is 3.53. The highest BCUT2D eigenvalue weighted by molar-refractivity contribution is 6.06. The van der Waals surface area contributed by atoms with E-state index < -0.39 is 0 Å². The lowest BCUT2D eigenvalue weighted by Crippen LogP contribution is -2.26. The van der Waals surface area contributed by atoms with E-state index in [1.54, 1.807) is 43.3 Å². The molecule has 22 heavy (non-hydrogen) atoms. The molecule has 5 nitrogen and oxygen atoms in total. The van der Waals surface area contributed by atoms with Crippen LogP contribution in [0.4, 0.5) is 5.69 Å². The topological polar surface area (TPSA) is 48.0 Å². The van der Waals surface area contributed by atoms with E-state index in [2.05, 4.69) is 0 Å². The van der Waals surface area contributed by atoms with Crippen LogP contribution in [0.3, 0.4) is 0 Å². The molecule has 0 saturated carbocycles. The molecule has 3 rings (SSSR count). The highest BCUT2D eigenvalue weighted by Gasteiger charge is 2.18. The van der Waals surface area contributed by atoms with E-state index in [0.29, 0.717) is 36.0 Å². The van der Waals surface area contributed by atoms with Crippen LogP contribution in [-0.2, 0) is 0 Å². The first-order valence-electron chi connectivity index (χ1n) is 7.01. The fourth-order valence-corrected chi connectivity index (χ4v) is 2.31. The molecule has 2 aromatic rings. The maximum atomic E-state index is 12.6. The number of hydrogen-bond donors (Lipinski definition) is 0. The molecule has 0 atom stereocenters. The Morgan fingerprint density at radius 2 is 1.86 bits per heavy atom. The Labute approximate surface area is 129 Å². The highest BCUT2D eigenvalue weighted by Crippen LogP contribution is 2.34. The molecule has 1 aliphatic heterocycles. The van der Waals surface area contributed by atoms with Crippen LogP contribution in [0.1, 0.15) is 10.4 Å². The summed E-state index contributed by atoms with van der Waals surface area (Å²) < 4.78 is 16.2. The summed E-state index contributed by atoms with van der Waals surface area (Å²) in [4.78, 5) is 14.2. The third-order valence-corrected chi connectivity index (χ3v) is 3.53. The highest BCUT2D eigenvalue weighted by atomic mass is 16.6. The van der Waals surface area contributed by atoms with E-state index in [0.717, 1.165) is 5.69 Å². The number of rotatable bonds is 3. The molecule has 0 bridgehead atoms. The van der Waals surface area contributed by atoms with Crippen LogP contribution < -0.4 is 19.1 Å². The summed E-state index contributed by atoms with van der Waals surface area (Å²) in [6, 6.07) is 12.6. The average Bonchev–Trinajstić information content (AvgIpc) is 2.60. The van der Waals surface area contributed by atoms with Gasteiger partial charge >= 0.3 is 0 Å². The zero-order valence-corrected chi connectivity index (χ0v) is 12.5. The van der Waals surface area contributed by atoms with Crippen molar-refractivity contribution in [3.63, 3.8) is 0 Å². The minimum atomic E-state index is -0.115. The molecule has 5 heteroatoms. The maximum Gasteiger partial charge on any atom is 0.258 e. The van der Waals surface area contributed by atoms with E-state index in [-0.39, 0.29) is 5.91 Å². The van der Waals surface area contributed by atoms with Gasteiger partial charge in [0.1, 0.15) is 19.0 Å². The monoisotopic (exact) mass is 299 g/mol. The van der Waals surface area contributed by atoms with Crippen LogP contribution in [0.25, 0.3) is 0 Å². The first-order valence-corrected chi connectivity index (χ1v) is 7.01. The number of benzene rings is 2. The fourth-order valence-electron chi connectivity index (χ4n) is 2.31. The second-order valence-electron chi connectivity index (χ2n) is 4.92. The van der Waals surface area contributed by atoms with E-state index in [1.807, 2.05) is 18.2 Å². The molecule has 0 N–H and O–H groups in total. The van der Waals surface area contributed by atoms with Crippen LogP contribution in [0, 0.1) is 0 Å². The lowest BCUT2D eigenvalue weighted by molar-refractivity contribution is 0.0992. The largest absolute Gasteiger partial charge is 0.497 e. The van der Waals surface area contributed by atoms with Gasteiger partial charge in [0, 0.05) is 24.4 Å². The Balaban J connectivity index is 1.86. The van der Waals surface area contributed by atoms with Gasteiger partial charge in [0.15, 0.2) is 11.5 Å². The first kappa shape index (κ1) is 14.3. The molecule has 1 aliphatic rings. The molecule has 0 saturated heterocycles. The summed E-state index contributed by atoms with van der Waals surface area (Å²) in [6.07, 6.45) is 0. The molecule has 114 valence electrons. The lowest BCUT2D eigenvalue weighted by Gasteiger charge is -2.22. The molecule has 0 aromatic heterocycles. The van der Waals surface area contributed by atoms with Crippen LogP contribution in [0.2, 0.25) is 0 Å². The Hall–Kier alpha value is -2.69. The van der Waals surface area contributed by atoms with Gasteiger partial charge in [-0.1, -0.05) is 6.07 Å². The van der Waals surface area contributed by atoms with Crippen molar-refractivity contribution in [3.05, 3.63) is 48.0 Å². The van der Waals surface area contributed by atoms with Gasteiger partial charge in [-0.15, -0.1) is 0 Å². The number of methoxy groups -OCH3 is 1. The molecule has 0 radical (unpaired) electrons. The first-order chi connectivity index (χ1) is 10.7. The zero-order chi connectivity index (χ0) is 15.5. The predicted molar refractivity (Wildman–Crippen MR) is 83.2 cm³/mol. The zero-order valence-electron chi connectivity index (χ0n) is 12.5. The summed E-state index contributed by atoms with van der Waals surface area (Å²) in [5.41, 5.74) is 1.31. The van der Waals surface area contributed by atoms with Gasteiger partial charge in [0.2, 0.25) is 0 Å². The van der Waals surface area contributed by atoms with Crippen LogP contribution in [0.15, 0.2) is 42.5 Å². The summed E-state index contributed by atoms with van der Waals surface area (Å²) in [7, 11) is 3.31. The van der Waals surface area contributed by atoms with Crippen molar-refractivity contribution >= 4 is 11.6 Å².